The van der Waals surface area contributed by atoms with Crippen molar-refractivity contribution in [1.29, 1.82) is 0 Å². The minimum absolute atomic E-state index is 0.128. The molecule has 4 heteroatoms. The molecular formula is C14H16N2O2. The predicted octanol–water partition coefficient (Wildman–Crippen LogP) is 2.69. The van der Waals surface area contributed by atoms with Crippen LogP contribution in [-0.2, 0) is 0 Å². The molecule has 94 valence electrons. The Kier molecular flexibility index (Phi) is 2.70. The van der Waals surface area contributed by atoms with Crippen LogP contribution in [0.2, 0.25) is 0 Å². The van der Waals surface area contributed by atoms with Crippen molar-refractivity contribution in [2.75, 3.05) is 5.73 Å². The van der Waals surface area contributed by atoms with Crippen LogP contribution in [-0.4, -0.2) is 11.9 Å². The Labute approximate surface area is 105 Å². The van der Waals surface area contributed by atoms with E-state index < -0.39 is 0 Å². The Hall–Kier alpha value is -1.97. The summed E-state index contributed by atoms with van der Waals surface area (Å²) in [6.45, 7) is 0. The lowest BCUT2D eigenvalue weighted by Gasteiger charge is -2.09. The van der Waals surface area contributed by atoms with Crippen LogP contribution in [0.25, 0.3) is 11.0 Å². The molecule has 4 nitrogen and oxygen atoms in total. The van der Waals surface area contributed by atoms with Crippen molar-refractivity contribution in [1.82, 2.24) is 5.32 Å². The normalized spacial score (nSPS) is 16.2. The SMILES string of the molecule is Nc1ccc2oc(C(=O)NC3CCCC3)cc2c1. The average molecular weight is 244 g/mol. The first-order valence-electron chi connectivity index (χ1n) is 6.32. The molecule has 1 heterocycles. The van der Waals surface area contributed by atoms with E-state index in [0.717, 1.165) is 18.2 Å². The lowest BCUT2D eigenvalue weighted by molar-refractivity contribution is 0.0912. The number of fused-ring (bicyclic) bond motifs is 1. The Bertz CT molecular complexity index is 582. The number of carbonyl (C=O) groups is 1. The second-order valence-corrected chi connectivity index (χ2v) is 4.86. The van der Waals surface area contributed by atoms with Gasteiger partial charge in [0.25, 0.3) is 5.91 Å². The number of nitrogens with one attached hydrogen (secondary N) is 1. The molecule has 1 amide bonds. The van der Waals surface area contributed by atoms with Crippen molar-refractivity contribution >= 4 is 22.6 Å². The molecule has 3 rings (SSSR count). The molecule has 0 saturated heterocycles. The summed E-state index contributed by atoms with van der Waals surface area (Å²) in [5.74, 6) is 0.235. The van der Waals surface area contributed by atoms with Gasteiger partial charge in [0.2, 0.25) is 0 Å². The van der Waals surface area contributed by atoms with Crippen LogP contribution < -0.4 is 11.1 Å². The van der Waals surface area contributed by atoms with E-state index in [4.69, 9.17) is 10.2 Å². The number of rotatable bonds is 2. The largest absolute Gasteiger partial charge is 0.451 e. The van der Waals surface area contributed by atoms with Crippen LogP contribution in [0.1, 0.15) is 36.2 Å². The van der Waals surface area contributed by atoms with Gasteiger partial charge >= 0.3 is 0 Å². The van der Waals surface area contributed by atoms with E-state index in [2.05, 4.69) is 5.32 Å². The average Bonchev–Trinajstić information content (AvgIpc) is 2.96. The predicted molar refractivity (Wildman–Crippen MR) is 70.3 cm³/mol. The minimum Gasteiger partial charge on any atom is -0.451 e. The molecule has 0 aliphatic heterocycles. The highest BCUT2D eigenvalue weighted by Crippen LogP contribution is 2.23. The Balaban J connectivity index is 1.82. The summed E-state index contributed by atoms with van der Waals surface area (Å²) in [5, 5.41) is 3.87. The number of hydrogen-bond acceptors (Lipinski definition) is 3. The molecule has 0 radical (unpaired) electrons. The van der Waals surface area contributed by atoms with Gasteiger partial charge in [0.05, 0.1) is 0 Å². The van der Waals surface area contributed by atoms with Gasteiger partial charge in [-0.3, -0.25) is 4.79 Å². The van der Waals surface area contributed by atoms with E-state index in [1.54, 1.807) is 18.2 Å². The smallest absolute Gasteiger partial charge is 0.287 e. The highest BCUT2D eigenvalue weighted by atomic mass is 16.3. The molecule has 2 aromatic rings. The summed E-state index contributed by atoms with van der Waals surface area (Å²) in [4.78, 5) is 12.0. The zero-order valence-corrected chi connectivity index (χ0v) is 10.1. The van der Waals surface area contributed by atoms with Crippen molar-refractivity contribution in [2.45, 2.75) is 31.7 Å². The number of furan rings is 1. The summed E-state index contributed by atoms with van der Waals surface area (Å²) < 4.78 is 5.53. The third-order valence-electron chi connectivity index (χ3n) is 3.45. The van der Waals surface area contributed by atoms with Crippen LogP contribution in [0, 0.1) is 0 Å². The van der Waals surface area contributed by atoms with Crippen molar-refractivity contribution in [3.05, 3.63) is 30.0 Å². The topological polar surface area (TPSA) is 68.3 Å². The monoisotopic (exact) mass is 244 g/mol. The molecule has 1 aliphatic carbocycles. The lowest BCUT2D eigenvalue weighted by Crippen LogP contribution is -2.32. The third-order valence-corrected chi connectivity index (χ3v) is 3.45. The molecule has 1 fully saturated rings. The number of nitrogen functional groups attached to an aromatic ring is 1. The summed E-state index contributed by atoms with van der Waals surface area (Å²) in [6, 6.07) is 7.42. The summed E-state index contributed by atoms with van der Waals surface area (Å²) in [6.07, 6.45) is 4.53. The summed E-state index contributed by atoms with van der Waals surface area (Å²) in [7, 11) is 0. The molecule has 18 heavy (non-hydrogen) atoms. The van der Waals surface area contributed by atoms with Crippen molar-refractivity contribution in [3.8, 4) is 0 Å². The van der Waals surface area contributed by atoms with Crippen LogP contribution in [0.15, 0.2) is 28.7 Å². The van der Waals surface area contributed by atoms with E-state index in [1.807, 2.05) is 6.07 Å². The van der Waals surface area contributed by atoms with Crippen molar-refractivity contribution < 1.29 is 9.21 Å². The zero-order chi connectivity index (χ0) is 12.5. The van der Waals surface area contributed by atoms with Gasteiger partial charge in [-0.05, 0) is 37.1 Å². The van der Waals surface area contributed by atoms with Gasteiger partial charge in [0.1, 0.15) is 5.58 Å². The maximum atomic E-state index is 12.0. The molecule has 1 aliphatic rings. The Morgan fingerprint density at radius 3 is 2.83 bits per heavy atom. The Morgan fingerprint density at radius 2 is 2.06 bits per heavy atom. The molecule has 0 spiro atoms. The van der Waals surface area contributed by atoms with Crippen LogP contribution in [0.5, 0.6) is 0 Å². The number of benzene rings is 1. The minimum atomic E-state index is -0.128. The van der Waals surface area contributed by atoms with Crippen molar-refractivity contribution in [3.63, 3.8) is 0 Å². The number of anilines is 1. The fourth-order valence-electron chi connectivity index (χ4n) is 2.50. The second kappa shape index (κ2) is 4.37. The maximum absolute atomic E-state index is 12.0. The summed E-state index contributed by atoms with van der Waals surface area (Å²) in [5.41, 5.74) is 7.07. The first kappa shape index (κ1) is 11.1. The third kappa shape index (κ3) is 2.06. The van der Waals surface area contributed by atoms with E-state index in [0.29, 0.717) is 23.1 Å². The molecule has 3 N–H and O–H groups in total. The van der Waals surface area contributed by atoms with Gasteiger partial charge in [0.15, 0.2) is 5.76 Å². The molecule has 0 unspecified atom stereocenters. The molecule has 0 atom stereocenters. The number of nitrogens with two attached hydrogens (primary N) is 1. The first-order chi connectivity index (χ1) is 8.72. The van der Waals surface area contributed by atoms with E-state index in [9.17, 15) is 4.79 Å². The van der Waals surface area contributed by atoms with Crippen LogP contribution >= 0.6 is 0 Å². The highest BCUT2D eigenvalue weighted by molar-refractivity contribution is 5.96. The molecule has 1 aromatic carbocycles. The van der Waals surface area contributed by atoms with Crippen LogP contribution in [0.3, 0.4) is 0 Å². The number of amides is 1. The molecular weight excluding hydrogens is 228 g/mol. The maximum Gasteiger partial charge on any atom is 0.287 e. The van der Waals surface area contributed by atoms with Crippen molar-refractivity contribution in [2.24, 2.45) is 0 Å². The zero-order valence-electron chi connectivity index (χ0n) is 10.1. The lowest BCUT2D eigenvalue weighted by atomic mass is 10.2. The number of carbonyl (C=O) groups excluding carboxylic acids is 1. The van der Waals surface area contributed by atoms with E-state index in [-0.39, 0.29) is 5.91 Å². The summed E-state index contributed by atoms with van der Waals surface area (Å²) >= 11 is 0. The standard InChI is InChI=1S/C14H16N2O2/c15-10-5-6-12-9(7-10)8-13(18-12)14(17)16-11-3-1-2-4-11/h5-8,11H,1-4,15H2,(H,16,17). The van der Waals surface area contributed by atoms with Gasteiger partial charge in [-0.2, -0.15) is 0 Å². The fraction of sp³-hybridized carbons (Fsp3) is 0.357. The van der Waals surface area contributed by atoms with Gasteiger partial charge in [-0.25, -0.2) is 0 Å². The first-order valence-corrected chi connectivity index (χ1v) is 6.32. The molecule has 1 saturated carbocycles. The Morgan fingerprint density at radius 1 is 1.28 bits per heavy atom. The molecule has 0 bridgehead atoms. The second-order valence-electron chi connectivity index (χ2n) is 4.86. The van der Waals surface area contributed by atoms with E-state index in [1.165, 1.54) is 12.8 Å². The van der Waals surface area contributed by atoms with Crippen LogP contribution in [0.4, 0.5) is 5.69 Å². The van der Waals surface area contributed by atoms with Gasteiger partial charge in [-0.15, -0.1) is 0 Å². The number of hydrogen-bond donors (Lipinski definition) is 2. The van der Waals surface area contributed by atoms with Gasteiger partial charge in [-0.1, -0.05) is 12.8 Å². The van der Waals surface area contributed by atoms with E-state index >= 15 is 0 Å². The molecule has 1 aromatic heterocycles. The fourth-order valence-corrected chi connectivity index (χ4v) is 2.50. The highest BCUT2D eigenvalue weighted by Gasteiger charge is 2.20. The van der Waals surface area contributed by atoms with Gasteiger partial charge < -0.3 is 15.5 Å². The quantitative estimate of drug-likeness (QED) is 0.798. The van der Waals surface area contributed by atoms with Gasteiger partial charge in [0, 0.05) is 17.1 Å².